The summed E-state index contributed by atoms with van der Waals surface area (Å²) in [5.41, 5.74) is 0.387. The Morgan fingerprint density at radius 2 is 2.08 bits per heavy atom. The number of benzene rings is 1. The third-order valence-electron chi connectivity index (χ3n) is 4.05. The molecule has 1 aliphatic heterocycles. The van der Waals surface area contributed by atoms with Crippen LogP contribution in [0.3, 0.4) is 0 Å². The molecule has 2 aromatic rings. The van der Waals surface area contributed by atoms with Crippen LogP contribution in [-0.4, -0.2) is 38.1 Å². The van der Waals surface area contributed by atoms with Crippen LogP contribution in [0.1, 0.15) is 26.9 Å². The molecular weight excluding hydrogens is 434 g/mol. The molecule has 1 unspecified atom stereocenters. The van der Waals surface area contributed by atoms with Crippen molar-refractivity contribution < 1.29 is 13.2 Å². The Labute approximate surface area is 158 Å². The Hall–Kier alpha value is -0.890. The number of nitrogens with zero attached hydrogens (tertiary/aromatic N) is 1. The van der Waals surface area contributed by atoms with Crippen LogP contribution in [0.4, 0.5) is 0 Å². The Morgan fingerprint density at radius 3 is 2.79 bits per heavy atom. The quantitative estimate of drug-likeness (QED) is 0.693. The zero-order chi connectivity index (χ0) is 17.3. The molecule has 0 N–H and O–H groups in total. The fourth-order valence-corrected chi connectivity index (χ4v) is 6.34. The lowest BCUT2D eigenvalue weighted by molar-refractivity contribution is 0.0767. The third kappa shape index (κ3) is 3.69. The monoisotopic (exact) mass is 447 g/mol. The highest BCUT2D eigenvalue weighted by Gasteiger charge is 2.33. The minimum absolute atomic E-state index is 0.0348. The van der Waals surface area contributed by atoms with E-state index in [1.165, 1.54) is 11.3 Å². The number of rotatable bonds is 2. The number of sulfone groups is 1. The summed E-state index contributed by atoms with van der Waals surface area (Å²) in [6.45, 7) is 0.579. The first-order chi connectivity index (χ1) is 11.4. The molecule has 1 fully saturated rings. The van der Waals surface area contributed by atoms with E-state index in [4.69, 9.17) is 11.6 Å². The van der Waals surface area contributed by atoms with Crippen LogP contribution in [-0.2, 0) is 9.84 Å². The summed E-state index contributed by atoms with van der Waals surface area (Å²) >= 11 is 10.9. The highest BCUT2D eigenvalue weighted by molar-refractivity contribution is 9.10. The molecule has 1 aliphatic rings. The molecule has 4 nitrogen and oxygen atoms in total. The lowest BCUT2D eigenvalue weighted by atomic mass is 10.1. The molecule has 8 heteroatoms. The zero-order valence-electron chi connectivity index (χ0n) is 12.6. The Morgan fingerprint density at radius 1 is 1.29 bits per heavy atom. The van der Waals surface area contributed by atoms with Crippen molar-refractivity contribution >= 4 is 54.6 Å². The molecule has 1 atom stereocenters. The van der Waals surface area contributed by atoms with Gasteiger partial charge in [0, 0.05) is 22.4 Å². The largest absolute Gasteiger partial charge is 0.338 e. The maximum atomic E-state index is 12.8. The van der Waals surface area contributed by atoms with Crippen LogP contribution >= 0.6 is 38.9 Å². The van der Waals surface area contributed by atoms with Gasteiger partial charge < -0.3 is 4.90 Å². The second-order valence-corrected chi connectivity index (χ2v) is 10.2. The average Bonchev–Trinajstić information content (AvgIpc) is 3.00. The van der Waals surface area contributed by atoms with Gasteiger partial charge in [-0.25, -0.2) is 8.42 Å². The van der Waals surface area contributed by atoms with Crippen LogP contribution in [0.2, 0.25) is 5.02 Å². The molecule has 1 saturated heterocycles. The molecule has 128 valence electrons. The summed E-state index contributed by atoms with van der Waals surface area (Å²) in [5, 5.41) is 1.71. The number of carbonyl (C=O) groups excluding carboxylic acids is 1. The first-order valence-corrected chi connectivity index (χ1v) is 11.1. The molecule has 0 spiro atoms. The third-order valence-corrected chi connectivity index (χ3v) is 8.11. The van der Waals surface area contributed by atoms with Gasteiger partial charge in [0.2, 0.25) is 0 Å². The van der Waals surface area contributed by atoms with E-state index in [1.807, 2.05) is 17.5 Å². The highest BCUT2D eigenvalue weighted by Crippen LogP contribution is 2.33. The van der Waals surface area contributed by atoms with E-state index in [1.54, 1.807) is 23.1 Å². The Bertz CT molecular complexity index is 852. The van der Waals surface area contributed by atoms with E-state index in [0.29, 0.717) is 23.6 Å². The minimum Gasteiger partial charge on any atom is -0.338 e. The minimum atomic E-state index is -3.28. The SMILES string of the molecule is O=C(c1cc(Br)ccc1Cl)N1CCC(c2cccs2)S(=O)(=O)CC1. The summed E-state index contributed by atoms with van der Waals surface area (Å²) in [6.07, 6.45) is 0.403. The molecule has 0 bridgehead atoms. The maximum absolute atomic E-state index is 12.8. The van der Waals surface area contributed by atoms with Crippen molar-refractivity contribution in [3.8, 4) is 0 Å². The number of amides is 1. The van der Waals surface area contributed by atoms with Crippen LogP contribution in [0, 0.1) is 0 Å². The van der Waals surface area contributed by atoms with Gasteiger partial charge in [0.25, 0.3) is 5.91 Å². The van der Waals surface area contributed by atoms with E-state index < -0.39 is 15.1 Å². The van der Waals surface area contributed by atoms with Gasteiger partial charge in [-0.05, 0) is 36.1 Å². The van der Waals surface area contributed by atoms with Gasteiger partial charge in [0.15, 0.2) is 9.84 Å². The molecule has 0 saturated carbocycles. The smallest absolute Gasteiger partial charge is 0.255 e. The lowest BCUT2D eigenvalue weighted by Gasteiger charge is -2.20. The molecule has 0 radical (unpaired) electrons. The van der Waals surface area contributed by atoms with Crippen LogP contribution in [0.25, 0.3) is 0 Å². The number of halogens is 2. The molecule has 3 rings (SSSR count). The van der Waals surface area contributed by atoms with Crippen molar-refractivity contribution in [2.75, 3.05) is 18.8 Å². The van der Waals surface area contributed by atoms with Gasteiger partial charge in [-0.3, -0.25) is 4.79 Å². The Kier molecular flexibility index (Phi) is 5.34. The average molecular weight is 449 g/mol. The second-order valence-electron chi connectivity index (χ2n) is 5.58. The van der Waals surface area contributed by atoms with Crippen molar-refractivity contribution in [1.29, 1.82) is 0 Å². The summed E-state index contributed by atoms with van der Waals surface area (Å²) < 4.78 is 25.9. The van der Waals surface area contributed by atoms with Crippen molar-refractivity contribution in [2.45, 2.75) is 11.7 Å². The fraction of sp³-hybridized carbons (Fsp3) is 0.312. The summed E-state index contributed by atoms with van der Waals surface area (Å²) in [6, 6.07) is 8.78. The predicted molar refractivity (Wildman–Crippen MR) is 101 cm³/mol. The maximum Gasteiger partial charge on any atom is 0.255 e. The molecule has 1 amide bonds. The first kappa shape index (κ1) is 17.9. The molecule has 0 aliphatic carbocycles. The van der Waals surface area contributed by atoms with E-state index in [0.717, 1.165) is 9.35 Å². The van der Waals surface area contributed by atoms with Crippen molar-refractivity contribution in [2.24, 2.45) is 0 Å². The van der Waals surface area contributed by atoms with E-state index in [2.05, 4.69) is 15.9 Å². The van der Waals surface area contributed by atoms with Crippen LogP contribution in [0.5, 0.6) is 0 Å². The molecule has 24 heavy (non-hydrogen) atoms. The van der Waals surface area contributed by atoms with Gasteiger partial charge >= 0.3 is 0 Å². The van der Waals surface area contributed by atoms with E-state index in [9.17, 15) is 13.2 Å². The Balaban J connectivity index is 1.85. The van der Waals surface area contributed by atoms with Crippen molar-refractivity contribution in [3.63, 3.8) is 0 Å². The molecule has 2 heterocycles. The predicted octanol–water partition coefficient (Wildman–Crippen LogP) is 4.17. The standard InChI is InChI=1S/C16H15BrClNO3S2/c17-11-3-4-13(18)12(10-11)16(20)19-6-5-15(14-2-1-8-23-14)24(21,22)9-7-19/h1-4,8,10,15H,5-7,9H2. The van der Waals surface area contributed by atoms with Crippen molar-refractivity contribution in [3.05, 3.63) is 55.6 Å². The lowest BCUT2D eigenvalue weighted by Crippen LogP contribution is -2.33. The van der Waals surface area contributed by atoms with Crippen LogP contribution < -0.4 is 0 Å². The first-order valence-electron chi connectivity index (χ1n) is 7.38. The topological polar surface area (TPSA) is 54.5 Å². The van der Waals surface area contributed by atoms with Crippen molar-refractivity contribution in [1.82, 2.24) is 4.90 Å². The summed E-state index contributed by atoms with van der Waals surface area (Å²) in [7, 11) is -3.28. The normalized spacial score (nSPS) is 20.6. The highest BCUT2D eigenvalue weighted by atomic mass is 79.9. The number of hydrogen-bond acceptors (Lipinski definition) is 4. The number of hydrogen-bond donors (Lipinski definition) is 0. The number of carbonyl (C=O) groups is 1. The molecule has 1 aromatic heterocycles. The second kappa shape index (κ2) is 7.15. The van der Waals surface area contributed by atoms with E-state index in [-0.39, 0.29) is 18.2 Å². The van der Waals surface area contributed by atoms with Gasteiger partial charge in [-0.2, -0.15) is 0 Å². The van der Waals surface area contributed by atoms with Gasteiger partial charge in [-0.1, -0.05) is 33.6 Å². The summed E-state index contributed by atoms with van der Waals surface area (Å²) in [4.78, 5) is 15.2. The molecule has 1 aromatic carbocycles. The van der Waals surface area contributed by atoms with E-state index >= 15 is 0 Å². The van der Waals surface area contributed by atoms with Gasteiger partial charge in [0.05, 0.1) is 21.6 Å². The van der Waals surface area contributed by atoms with Crippen LogP contribution in [0.15, 0.2) is 40.2 Å². The van der Waals surface area contributed by atoms with Gasteiger partial charge in [0.1, 0.15) is 0 Å². The fourth-order valence-electron chi connectivity index (χ4n) is 2.77. The van der Waals surface area contributed by atoms with Gasteiger partial charge in [-0.15, -0.1) is 11.3 Å². The summed E-state index contributed by atoms with van der Waals surface area (Å²) in [5.74, 6) is -0.268. The number of thiophene rings is 1. The molecular formula is C16H15BrClNO3S2. The zero-order valence-corrected chi connectivity index (χ0v) is 16.6.